The zero-order chi connectivity index (χ0) is 19.1. The van der Waals surface area contributed by atoms with E-state index in [1.165, 1.54) is 18.4 Å². The van der Waals surface area contributed by atoms with Crippen molar-refractivity contribution in [2.75, 3.05) is 13.2 Å². The van der Waals surface area contributed by atoms with Crippen LogP contribution in [0, 0.1) is 5.92 Å². The fourth-order valence-corrected chi connectivity index (χ4v) is 3.84. The number of ether oxygens (including phenoxy) is 1. The molecular weight excluding hydrogens is 322 g/mol. The van der Waals surface area contributed by atoms with Crippen molar-refractivity contribution < 1.29 is 9.84 Å². The van der Waals surface area contributed by atoms with E-state index in [2.05, 4.69) is 39.5 Å². The number of benzene rings is 1. The van der Waals surface area contributed by atoms with Crippen molar-refractivity contribution in [3.05, 3.63) is 47.1 Å². The van der Waals surface area contributed by atoms with Crippen LogP contribution in [-0.2, 0) is 6.42 Å². The van der Waals surface area contributed by atoms with Crippen LogP contribution in [0.2, 0.25) is 0 Å². The summed E-state index contributed by atoms with van der Waals surface area (Å²) in [6.45, 7) is 11.8. The third-order valence-corrected chi connectivity index (χ3v) is 5.26. The van der Waals surface area contributed by atoms with Gasteiger partial charge in [0.25, 0.3) is 0 Å². The number of nitrogens with two attached hydrogens (primary N) is 1. The molecule has 3 heteroatoms. The highest BCUT2D eigenvalue weighted by Gasteiger charge is 2.32. The number of phenols is 1. The summed E-state index contributed by atoms with van der Waals surface area (Å²) in [5.41, 5.74) is 10.2. The van der Waals surface area contributed by atoms with Gasteiger partial charge in [-0.15, -0.1) is 0 Å². The van der Waals surface area contributed by atoms with Crippen LogP contribution in [0.3, 0.4) is 0 Å². The number of rotatable bonds is 10. The van der Waals surface area contributed by atoms with E-state index in [0.717, 1.165) is 48.1 Å². The van der Waals surface area contributed by atoms with Gasteiger partial charge in [-0.1, -0.05) is 43.6 Å². The molecule has 0 saturated carbocycles. The van der Waals surface area contributed by atoms with Gasteiger partial charge in [0, 0.05) is 11.5 Å². The number of phenolic OH excluding ortho intramolecular Hbond substituents is 1. The van der Waals surface area contributed by atoms with Crippen molar-refractivity contribution in [2.24, 2.45) is 11.7 Å². The predicted molar refractivity (Wildman–Crippen MR) is 110 cm³/mol. The molecule has 0 fully saturated rings. The lowest BCUT2D eigenvalue weighted by Gasteiger charge is -2.24. The molecular formula is C23H35NO2. The van der Waals surface area contributed by atoms with E-state index in [4.69, 9.17) is 10.5 Å². The molecule has 0 aromatic heterocycles. The summed E-state index contributed by atoms with van der Waals surface area (Å²) in [6.07, 6.45) is 8.57. The summed E-state index contributed by atoms with van der Waals surface area (Å²) in [5.74, 6) is 1.62. The van der Waals surface area contributed by atoms with E-state index in [9.17, 15) is 5.11 Å². The number of hydrogen-bond acceptors (Lipinski definition) is 3. The zero-order valence-electron chi connectivity index (χ0n) is 16.7. The number of unbranched alkanes of at least 4 members (excludes halogenated alkanes) is 2. The van der Waals surface area contributed by atoms with E-state index in [1.807, 2.05) is 6.07 Å². The van der Waals surface area contributed by atoms with Crippen molar-refractivity contribution in [1.82, 2.24) is 0 Å². The molecule has 0 saturated heterocycles. The molecule has 1 aliphatic carbocycles. The van der Waals surface area contributed by atoms with Crippen LogP contribution in [0.5, 0.6) is 11.5 Å². The number of allylic oxidation sites excluding steroid dienone is 3. The lowest BCUT2D eigenvalue weighted by atomic mass is 9.83. The molecule has 1 aliphatic rings. The second kappa shape index (κ2) is 9.82. The highest BCUT2D eigenvalue weighted by atomic mass is 16.5. The third kappa shape index (κ3) is 5.14. The van der Waals surface area contributed by atoms with Crippen molar-refractivity contribution in [3.8, 4) is 11.5 Å². The van der Waals surface area contributed by atoms with Crippen LogP contribution in [0.25, 0.3) is 0 Å². The summed E-state index contributed by atoms with van der Waals surface area (Å²) in [7, 11) is 0. The summed E-state index contributed by atoms with van der Waals surface area (Å²) in [5, 5.41) is 10.9. The van der Waals surface area contributed by atoms with Crippen molar-refractivity contribution in [1.29, 1.82) is 0 Å². The van der Waals surface area contributed by atoms with Crippen molar-refractivity contribution >= 4 is 0 Å². The van der Waals surface area contributed by atoms with E-state index < -0.39 is 0 Å². The van der Waals surface area contributed by atoms with Crippen LogP contribution in [0.15, 0.2) is 35.9 Å². The van der Waals surface area contributed by atoms with Gasteiger partial charge in [-0.3, -0.25) is 0 Å². The standard InChI is InChI=1S/C23H35NO2/c1-5-6-7-9-18-14-21(25)23(22(15-18)26-11-8-10-24)20-13-17(4)12-19(20)16(2)3/h13-15,19-20,25H,2,5-12,24H2,1,3-4H3/t19-,20+/m0/s1. The van der Waals surface area contributed by atoms with Gasteiger partial charge in [0.2, 0.25) is 0 Å². The second-order valence-corrected chi connectivity index (χ2v) is 7.67. The molecule has 0 aliphatic heterocycles. The van der Waals surface area contributed by atoms with Crippen LogP contribution < -0.4 is 10.5 Å². The first-order chi connectivity index (χ1) is 12.5. The minimum Gasteiger partial charge on any atom is -0.507 e. The number of aromatic hydroxyl groups is 1. The summed E-state index contributed by atoms with van der Waals surface area (Å²) < 4.78 is 6.08. The third-order valence-electron chi connectivity index (χ3n) is 5.26. The average molecular weight is 358 g/mol. The molecule has 26 heavy (non-hydrogen) atoms. The molecule has 1 aromatic rings. The van der Waals surface area contributed by atoms with Gasteiger partial charge in [0.05, 0.1) is 6.61 Å². The number of aryl methyl sites for hydroxylation is 1. The van der Waals surface area contributed by atoms with Gasteiger partial charge in [0.1, 0.15) is 11.5 Å². The van der Waals surface area contributed by atoms with Crippen LogP contribution in [0.1, 0.15) is 69.9 Å². The largest absolute Gasteiger partial charge is 0.507 e. The molecule has 0 heterocycles. The molecule has 0 unspecified atom stereocenters. The Morgan fingerprint density at radius 2 is 2.08 bits per heavy atom. The highest BCUT2D eigenvalue weighted by molar-refractivity contribution is 5.53. The Bertz CT molecular complexity index is 648. The first-order valence-corrected chi connectivity index (χ1v) is 9.99. The van der Waals surface area contributed by atoms with E-state index in [-0.39, 0.29) is 5.92 Å². The molecule has 3 N–H and O–H groups in total. The fraction of sp³-hybridized carbons (Fsp3) is 0.565. The molecule has 144 valence electrons. The Morgan fingerprint density at radius 3 is 2.73 bits per heavy atom. The first-order valence-electron chi connectivity index (χ1n) is 9.99. The SMILES string of the molecule is C=C(C)[C@@H]1CC(C)=C[C@H]1c1c(O)cc(CCCCC)cc1OCCCN. The van der Waals surface area contributed by atoms with Crippen LogP contribution in [0.4, 0.5) is 0 Å². The second-order valence-electron chi connectivity index (χ2n) is 7.67. The molecule has 2 atom stereocenters. The van der Waals surface area contributed by atoms with E-state index in [1.54, 1.807) is 0 Å². The minimum absolute atomic E-state index is 0.130. The lowest BCUT2D eigenvalue weighted by Crippen LogP contribution is -2.12. The van der Waals surface area contributed by atoms with Gasteiger partial charge >= 0.3 is 0 Å². The lowest BCUT2D eigenvalue weighted by molar-refractivity contribution is 0.304. The maximum atomic E-state index is 10.9. The maximum absolute atomic E-state index is 10.9. The van der Waals surface area contributed by atoms with Crippen LogP contribution in [-0.4, -0.2) is 18.3 Å². The van der Waals surface area contributed by atoms with Gasteiger partial charge in [0.15, 0.2) is 0 Å². The van der Waals surface area contributed by atoms with Gasteiger partial charge in [-0.2, -0.15) is 0 Å². The molecule has 1 aromatic carbocycles. The van der Waals surface area contributed by atoms with Gasteiger partial charge < -0.3 is 15.6 Å². The Hall–Kier alpha value is -1.74. The smallest absolute Gasteiger partial charge is 0.127 e. The molecule has 0 spiro atoms. The predicted octanol–water partition coefficient (Wildman–Crippen LogP) is 5.48. The molecule has 3 nitrogen and oxygen atoms in total. The Kier molecular flexibility index (Phi) is 7.77. The van der Waals surface area contributed by atoms with Crippen LogP contribution >= 0.6 is 0 Å². The number of hydrogen-bond donors (Lipinski definition) is 2. The normalized spacial score (nSPS) is 19.5. The first kappa shape index (κ1) is 20.6. The summed E-state index contributed by atoms with van der Waals surface area (Å²) in [6, 6.07) is 4.05. The molecule has 2 rings (SSSR count). The zero-order valence-corrected chi connectivity index (χ0v) is 16.7. The monoisotopic (exact) mass is 357 g/mol. The molecule has 0 amide bonds. The van der Waals surface area contributed by atoms with Crippen molar-refractivity contribution in [3.63, 3.8) is 0 Å². The quantitative estimate of drug-likeness (QED) is 0.431. The highest BCUT2D eigenvalue weighted by Crippen LogP contribution is 2.48. The maximum Gasteiger partial charge on any atom is 0.127 e. The minimum atomic E-state index is 0.130. The fourth-order valence-electron chi connectivity index (χ4n) is 3.84. The van der Waals surface area contributed by atoms with E-state index in [0.29, 0.717) is 24.8 Å². The Morgan fingerprint density at radius 1 is 1.31 bits per heavy atom. The molecule has 0 bridgehead atoms. The summed E-state index contributed by atoms with van der Waals surface area (Å²) >= 11 is 0. The van der Waals surface area contributed by atoms with Gasteiger partial charge in [-0.25, -0.2) is 0 Å². The van der Waals surface area contributed by atoms with E-state index >= 15 is 0 Å². The Labute approximate surface area is 158 Å². The molecule has 0 radical (unpaired) electrons. The average Bonchev–Trinajstić information content (AvgIpc) is 2.97. The summed E-state index contributed by atoms with van der Waals surface area (Å²) in [4.78, 5) is 0. The topological polar surface area (TPSA) is 55.5 Å². The van der Waals surface area contributed by atoms with Crippen molar-refractivity contribution in [2.45, 2.75) is 65.2 Å². The van der Waals surface area contributed by atoms with Gasteiger partial charge in [-0.05, 0) is 69.7 Å². The Balaban J connectivity index is 2.37.